The number of aromatic nitrogens is 1. The molecule has 1 aliphatic rings. The van der Waals surface area contributed by atoms with E-state index in [1.54, 1.807) is 30.3 Å². The number of halogens is 2. The first kappa shape index (κ1) is 21.1. The molecule has 1 aromatic carbocycles. The number of ether oxygens (including phenoxy) is 1. The third-order valence-electron chi connectivity index (χ3n) is 4.27. The highest BCUT2D eigenvalue weighted by molar-refractivity contribution is 7.09. The van der Waals surface area contributed by atoms with E-state index in [9.17, 15) is 18.4 Å². The van der Waals surface area contributed by atoms with E-state index in [2.05, 4.69) is 10.3 Å². The average molecular weight is 431 g/mol. The first-order valence-corrected chi connectivity index (χ1v) is 9.62. The van der Waals surface area contributed by atoms with E-state index in [4.69, 9.17) is 15.3 Å². The van der Waals surface area contributed by atoms with Crippen LogP contribution in [0.3, 0.4) is 0 Å². The van der Waals surface area contributed by atoms with E-state index in [-0.39, 0.29) is 12.3 Å². The molecular formula is C19H15F2N5O3S. The molecule has 2 amide bonds. The number of benzene rings is 1. The standard InChI is InChI=1S/C19H15F2N5O3S/c20-19(21)5-13(7-23)26(11-19)17(27)8-24-18(28)15-10-30-16(25-15)9-29-14-3-1-12(6-22)2-4-14/h1-4,10,13H,5,8-9,11H2,(H,24,28)/t13-/m0/s1. The van der Waals surface area contributed by atoms with Gasteiger partial charge in [-0.25, -0.2) is 13.8 Å². The largest absolute Gasteiger partial charge is 0.486 e. The number of hydrogen-bond donors (Lipinski definition) is 1. The van der Waals surface area contributed by atoms with Crippen molar-refractivity contribution in [3.63, 3.8) is 0 Å². The van der Waals surface area contributed by atoms with Crippen LogP contribution in [-0.2, 0) is 11.4 Å². The Kier molecular flexibility index (Phi) is 6.23. The molecule has 0 saturated carbocycles. The summed E-state index contributed by atoms with van der Waals surface area (Å²) in [7, 11) is 0. The van der Waals surface area contributed by atoms with Gasteiger partial charge in [0.05, 0.1) is 30.8 Å². The van der Waals surface area contributed by atoms with E-state index >= 15 is 0 Å². The molecule has 154 valence electrons. The number of amides is 2. The van der Waals surface area contributed by atoms with E-state index in [0.29, 0.717) is 16.3 Å². The molecule has 3 rings (SSSR count). The van der Waals surface area contributed by atoms with Crippen LogP contribution in [0.1, 0.15) is 27.5 Å². The lowest BCUT2D eigenvalue weighted by atomic mass is 10.2. The molecule has 0 aliphatic carbocycles. The molecule has 0 unspecified atom stereocenters. The molecule has 0 bridgehead atoms. The number of thiazole rings is 1. The predicted molar refractivity (Wildman–Crippen MR) is 101 cm³/mol. The maximum atomic E-state index is 13.4. The van der Waals surface area contributed by atoms with Crippen LogP contribution in [0.25, 0.3) is 0 Å². The van der Waals surface area contributed by atoms with E-state index < -0.39 is 43.3 Å². The summed E-state index contributed by atoms with van der Waals surface area (Å²) in [6, 6.07) is 8.97. The Labute approximate surface area is 174 Å². The van der Waals surface area contributed by atoms with Crippen LogP contribution in [-0.4, -0.2) is 46.8 Å². The van der Waals surface area contributed by atoms with Gasteiger partial charge in [0.25, 0.3) is 11.8 Å². The number of carbonyl (C=O) groups excluding carboxylic acids is 2. The summed E-state index contributed by atoms with van der Waals surface area (Å²) in [5.74, 6) is -3.97. The highest BCUT2D eigenvalue weighted by Crippen LogP contribution is 2.31. The quantitative estimate of drug-likeness (QED) is 0.748. The molecule has 8 nitrogen and oxygen atoms in total. The summed E-state index contributed by atoms with van der Waals surface area (Å²) in [4.78, 5) is 29.2. The van der Waals surface area contributed by atoms with Gasteiger partial charge in [-0.2, -0.15) is 10.5 Å². The Morgan fingerprint density at radius 3 is 2.73 bits per heavy atom. The SMILES string of the molecule is N#Cc1ccc(OCc2nc(C(=O)NCC(=O)N3CC(F)(F)C[C@H]3C#N)cs2)cc1. The van der Waals surface area contributed by atoms with Gasteiger partial charge in [-0.15, -0.1) is 11.3 Å². The van der Waals surface area contributed by atoms with Crippen molar-refractivity contribution in [1.82, 2.24) is 15.2 Å². The number of nitrogens with one attached hydrogen (secondary N) is 1. The monoisotopic (exact) mass is 431 g/mol. The number of rotatable bonds is 6. The van der Waals surface area contributed by atoms with E-state index in [1.165, 1.54) is 16.7 Å². The number of nitriles is 2. The molecule has 1 N–H and O–H groups in total. The highest BCUT2D eigenvalue weighted by Gasteiger charge is 2.47. The highest BCUT2D eigenvalue weighted by atomic mass is 32.1. The molecule has 1 aromatic heterocycles. The molecule has 1 aliphatic heterocycles. The molecule has 30 heavy (non-hydrogen) atoms. The minimum absolute atomic E-state index is 0.0646. The Balaban J connectivity index is 1.50. The minimum atomic E-state index is -3.11. The molecule has 2 aromatic rings. The second kappa shape index (κ2) is 8.84. The van der Waals surface area contributed by atoms with Crippen LogP contribution in [0.2, 0.25) is 0 Å². The van der Waals surface area contributed by atoms with Gasteiger partial charge in [0, 0.05) is 11.8 Å². The summed E-state index contributed by atoms with van der Waals surface area (Å²) in [5, 5.41) is 22.0. The summed E-state index contributed by atoms with van der Waals surface area (Å²) >= 11 is 1.18. The molecule has 2 heterocycles. The van der Waals surface area contributed by atoms with Gasteiger partial charge in [-0.05, 0) is 24.3 Å². The fourth-order valence-electron chi connectivity index (χ4n) is 2.79. The van der Waals surface area contributed by atoms with Crippen molar-refractivity contribution in [2.45, 2.75) is 25.0 Å². The van der Waals surface area contributed by atoms with Crippen molar-refractivity contribution in [3.8, 4) is 17.9 Å². The van der Waals surface area contributed by atoms with Gasteiger partial charge in [0.15, 0.2) is 0 Å². The number of nitrogens with zero attached hydrogens (tertiary/aromatic N) is 4. The summed E-state index contributed by atoms with van der Waals surface area (Å²) in [6.45, 7) is -1.25. The van der Waals surface area contributed by atoms with Crippen LogP contribution >= 0.6 is 11.3 Å². The van der Waals surface area contributed by atoms with E-state index in [0.717, 1.165) is 4.90 Å². The smallest absolute Gasteiger partial charge is 0.271 e. The zero-order chi connectivity index (χ0) is 21.7. The van der Waals surface area contributed by atoms with Crippen LogP contribution in [0.5, 0.6) is 5.75 Å². The van der Waals surface area contributed by atoms with Gasteiger partial charge >= 0.3 is 0 Å². The van der Waals surface area contributed by atoms with Crippen LogP contribution in [0, 0.1) is 22.7 Å². The Morgan fingerprint density at radius 2 is 2.07 bits per heavy atom. The van der Waals surface area contributed by atoms with Crippen molar-refractivity contribution < 1.29 is 23.1 Å². The van der Waals surface area contributed by atoms with Crippen molar-refractivity contribution in [2.24, 2.45) is 0 Å². The molecule has 1 atom stereocenters. The summed E-state index contributed by atoms with van der Waals surface area (Å²) in [5.41, 5.74) is 0.568. The lowest BCUT2D eigenvalue weighted by Gasteiger charge is -2.19. The molecule has 0 spiro atoms. The maximum absolute atomic E-state index is 13.4. The predicted octanol–water partition coefficient (Wildman–Crippen LogP) is 2.08. The Hall–Kier alpha value is -3.57. The third kappa shape index (κ3) is 5.07. The minimum Gasteiger partial charge on any atom is -0.486 e. The van der Waals surface area contributed by atoms with Crippen LogP contribution in [0.4, 0.5) is 8.78 Å². The number of hydrogen-bond acceptors (Lipinski definition) is 7. The molecule has 1 fully saturated rings. The van der Waals surface area contributed by atoms with Gasteiger partial charge in [0.2, 0.25) is 5.91 Å². The average Bonchev–Trinajstić information content (AvgIpc) is 3.34. The van der Waals surface area contributed by atoms with Gasteiger partial charge in [-0.3, -0.25) is 9.59 Å². The normalized spacial score (nSPS) is 17.1. The third-order valence-corrected chi connectivity index (χ3v) is 5.09. The van der Waals surface area contributed by atoms with Crippen molar-refractivity contribution in [2.75, 3.05) is 13.1 Å². The number of carbonyl (C=O) groups is 2. The van der Waals surface area contributed by atoms with Gasteiger partial charge in [-0.1, -0.05) is 0 Å². The fourth-order valence-corrected chi connectivity index (χ4v) is 3.48. The van der Waals surface area contributed by atoms with Crippen molar-refractivity contribution >= 4 is 23.2 Å². The van der Waals surface area contributed by atoms with Gasteiger partial charge < -0.3 is 15.0 Å². The topological polar surface area (TPSA) is 119 Å². The van der Waals surface area contributed by atoms with Crippen molar-refractivity contribution in [3.05, 3.63) is 45.9 Å². The Morgan fingerprint density at radius 1 is 1.33 bits per heavy atom. The first-order valence-electron chi connectivity index (χ1n) is 8.74. The molecular weight excluding hydrogens is 416 g/mol. The lowest BCUT2D eigenvalue weighted by molar-refractivity contribution is -0.131. The number of alkyl halides is 2. The van der Waals surface area contributed by atoms with Crippen molar-refractivity contribution in [1.29, 1.82) is 10.5 Å². The second-order valence-electron chi connectivity index (χ2n) is 6.46. The van der Waals surface area contributed by atoms with Crippen LogP contribution < -0.4 is 10.1 Å². The van der Waals surface area contributed by atoms with Crippen LogP contribution in [0.15, 0.2) is 29.6 Å². The Bertz CT molecular complexity index is 1030. The zero-order valence-electron chi connectivity index (χ0n) is 15.5. The van der Waals surface area contributed by atoms with Gasteiger partial charge in [0.1, 0.15) is 29.1 Å². The number of likely N-dealkylation sites (tertiary alicyclic amines) is 1. The molecule has 1 saturated heterocycles. The second-order valence-corrected chi connectivity index (χ2v) is 7.40. The lowest BCUT2D eigenvalue weighted by Crippen LogP contribution is -2.43. The maximum Gasteiger partial charge on any atom is 0.271 e. The first-order chi connectivity index (χ1) is 14.3. The molecule has 11 heteroatoms. The summed E-state index contributed by atoms with van der Waals surface area (Å²) in [6.07, 6.45) is -0.710. The zero-order valence-corrected chi connectivity index (χ0v) is 16.3. The van der Waals surface area contributed by atoms with E-state index in [1.807, 2.05) is 6.07 Å². The summed E-state index contributed by atoms with van der Waals surface area (Å²) < 4.78 is 32.4. The fraction of sp³-hybridized carbons (Fsp3) is 0.316. The molecule has 0 radical (unpaired) electrons.